The van der Waals surface area contributed by atoms with Gasteiger partial charge in [0.1, 0.15) is 10.6 Å². The van der Waals surface area contributed by atoms with Gasteiger partial charge in [0.15, 0.2) is 0 Å². The van der Waals surface area contributed by atoms with Crippen LogP contribution in [0.25, 0.3) is 0 Å². The van der Waals surface area contributed by atoms with Crippen molar-refractivity contribution < 1.29 is 19.4 Å². The molecule has 0 bridgehead atoms. The van der Waals surface area contributed by atoms with E-state index < -0.39 is 5.97 Å². The first-order valence-electron chi connectivity index (χ1n) is 7.01. The van der Waals surface area contributed by atoms with Crippen molar-refractivity contribution in [3.05, 3.63) is 51.7 Å². The minimum absolute atomic E-state index is 0.124. The number of ether oxygens (including phenoxy) is 1. The number of carbonyl (C=O) groups excluding carboxylic acids is 1. The predicted octanol–water partition coefficient (Wildman–Crippen LogP) is 3.09. The number of rotatable bonds is 3. The van der Waals surface area contributed by atoms with E-state index in [1.165, 1.54) is 6.07 Å². The summed E-state index contributed by atoms with van der Waals surface area (Å²) in [4.78, 5) is 23.8. The number of fused-ring (bicyclic) bond motifs is 1. The van der Waals surface area contributed by atoms with Gasteiger partial charge >= 0.3 is 5.97 Å². The number of hydrogen-bond acceptors (Lipinski definition) is 4. The largest absolute Gasteiger partial charge is 0.493 e. The lowest BCUT2D eigenvalue weighted by Gasteiger charge is -2.17. The highest BCUT2D eigenvalue weighted by molar-refractivity contribution is 7.15. The molecule has 1 atom stereocenters. The molecule has 1 aromatic carbocycles. The first-order valence-corrected chi connectivity index (χ1v) is 7.82. The molecule has 1 aliphatic heterocycles. The SMILES string of the molecule is O=C(O)c1ccc(C(=O)NC2CCCOc3ccccc32)s1. The molecule has 0 fully saturated rings. The van der Waals surface area contributed by atoms with E-state index in [0.717, 1.165) is 35.5 Å². The topological polar surface area (TPSA) is 75.6 Å². The lowest BCUT2D eigenvalue weighted by Crippen LogP contribution is -2.27. The Kier molecular flexibility index (Phi) is 4.11. The van der Waals surface area contributed by atoms with Crippen molar-refractivity contribution in [2.24, 2.45) is 0 Å². The number of para-hydroxylation sites is 1. The van der Waals surface area contributed by atoms with Crippen molar-refractivity contribution in [1.29, 1.82) is 0 Å². The molecule has 22 heavy (non-hydrogen) atoms. The van der Waals surface area contributed by atoms with Crippen LogP contribution in [0.1, 0.15) is 43.8 Å². The summed E-state index contributed by atoms with van der Waals surface area (Å²) in [5.74, 6) is -0.473. The lowest BCUT2D eigenvalue weighted by molar-refractivity contribution is 0.0702. The molecule has 3 rings (SSSR count). The number of carbonyl (C=O) groups is 2. The molecule has 2 N–H and O–H groups in total. The van der Waals surface area contributed by atoms with E-state index in [9.17, 15) is 9.59 Å². The summed E-state index contributed by atoms with van der Waals surface area (Å²) in [6, 6.07) is 10.5. The summed E-state index contributed by atoms with van der Waals surface area (Å²) in [6.07, 6.45) is 1.64. The van der Waals surface area contributed by atoms with Crippen molar-refractivity contribution in [2.75, 3.05) is 6.61 Å². The van der Waals surface area contributed by atoms with Gasteiger partial charge in [0.25, 0.3) is 5.91 Å². The van der Waals surface area contributed by atoms with Gasteiger partial charge in [0.05, 0.1) is 17.5 Å². The Balaban J connectivity index is 1.80. The molecule has 5 nitrogen and oxygen atoms in total. The van der Waals surface area contributed by atoms with Crippen LogP contribution in [0.15, 0.2) is 36.4 Å². The zero-order valence-electron chi connectivity index (χ0n) is 11.7. The third-order valence-electron chi connectivity index (χ3n) is 3.54. The minimum atomic E-state index is -1.02. The van der Waals surface area contributed by atoms with Crippen molar-refractivity contribution >= 4 is 23.2 Å². The van der Waals surface area contributed by atoms with Crippen LogP contribution >= 0.6 is 11.3 Å². The maximum Gasteiger partial charge on any atom is 0.345 e. The molecule has 114 valence electrons. The summed E-state index contributed by atoms with van der Waals surface area (Å²) in [6.45, 7) is 0.631. The number of nitrogens with one attached hydrogen (secondary N) is 1. The van der Waals surface area contributed by atoms with E-state index in [4.69, 9.17) is 9.84 Å². The molecule has 0 saturated carbocycles. The Bertz CT molecular complexity index is 710. The Morgan fingerprint density at radius 3 is 2.73 bits per heavy atom. The molecular weight excluding hydrogens is 302 g/mol. The highest BCUT2D eigenvalue weighted by atomic mass is 32.1. The average Bonchev–Trinajstić information content (AvgIpc) is 2.93. The van der Waals surface area contributed by atoms with E-state index in [2.05, 4.69) is 5.32 Å². The van der Waals surface area contributed by atoms with Gasteiger partial charge in [-0.3, -0.25) is 4.79 Å². The zero-order chi connectivity index (χ0) is 15.5. The highest BCUT2D eigenvalue weighted by Crippen LogP contribution is 2.31. The van der Waals surface area contributed by atoms with Gasteiger partial charge in [-0.05, 0) is 31.0 Å². The maximum absolute atomic E-state index is 12.3. The second-order valence-corrected chi connectivity index (χ2v) is 6.11. The second kappa shape index (κ2) is 6.19. The first-order chi connectivity index (χ1) is 10.6. The van der Waals surface area contributed by atoms with E-state index in [-0.39, 0.29) is 16.8 Å². The summed E-state index contributed by atoms with van der Waals surface area (Å²) in [5.41, 5.74) is 0.961. The predicted molar refractivity (Wildman–Crippen MR) is 82.7 cm³/mol. The summed E-state index contributed by atoms with van der Waals surface area (Å²) < 4.78 is 5.68. The molecule has 0 spiro atoms. The highest BCUT2D eigenvalue weighted by Gasteiger charge is 2.22. The number of amides is 1. The molecule has 1 unspecified atom stereocenters. The Labute approximate surface area is 131 Å². The van der Waals surface area contributed by atoms with Gasteiger partial charge < -0.3 is 15.2 Å². The number of carboxylic acid groups (broad SMARTS) is 1. The normalized spacial score (nSPS) is 17.0. The van der Waals surface area contributed by atoms with Crippen LogP contribution in [0.4, 0.5) is 0 Å². The lowest BCUT2D eigenvalue weighted by atomic mass is 10.0. The minimum Gasteiger partial charge on any atom is -0.493 e. The molecule has 2 aromatic rings. The van der Waals surface area contributed by atoms with E-state index >= 15 is 0 Å². The molecule has 2 heterocycles. The quantitative estimate of drug-likeness (QED) is 0.912. The third-order valence-corrected chi connectivity index (χ3v) is 4.61. The Morgan fingerprint density at radius 2 is 1.95 bits per heavy atom. The molecule has 1 aliphatic rings. The van der Waals surface area contributed by atoms with E-state index in [0.29, 0.717) is 11.5 Å². The van der Waals surface area contributed by atoms with Gasteiger partial charge in [0.2, 0.25) is 0 Å². The van der Waals surface area contributed by atoms with Gasteiger partial charge in [-0.1, -0.05) is 18.2 Å². The summed E-state index contributed by atoms with van der Waals surface area (Å²) in [5, 5.41) is 11.9. The summed E-state index contributed by atoms with van der Waals surface area (Å²) >= 11 is 0.981. The molecular formula is C16H15NO4S. The van der Waals surface area contributed by atoms with Gasteiger partial charge in [0, 0.05) is 5.56 Å². The maximum atomic E-state index is 12.3. The number of aromatic carboxylic acids is 1. The standard InChI is InChI=1S/C16H15NO4S/c18-15(13-7-8-14(22-13)16(19)20)17-11-5-3-9-21-12-6-2-1-4-10(11)12/h1-2,4,6-8,11H,3,5,9H2,(H,17,18)(H,19,20). The third kappa shape index (κ3) is 2.96. The van der Waals surface area contributed by atoms with E-state index in [1.54, 1.807) is 6.07 Å². The van der Waals surface area contributed by atoms with E-state index in [1.807, 2.05) is 24.3 Å². The number of carboxylic acids is 1. The van der Waals surface area contributed by atoms with Crippen molar-refractivity contribution in [3.8, 4) is 5.75 Å². The zero-order valence-corrected chi connectivity index (χ0v) is 12.6. The van der Waals surface area contributed by atoms with Gasteiger partial charge in [-0.25, -0.2) is 4.79 Å². The van der Waals surface area contributed by atoms with Crippen LogP contribution in [0.3, 0.4) is 0 Å². The van der Waals surface area contributed by atoms with Crippen molar-refractivity contribution in [1.82, 2.24) is 5.32 Å². The molecule has 1 amide bonds. The monoisotopic (exact) mass is 317 g/mol. The Hall–Kier alpha value is -2.34. The van der Waals surface area contributed by atoms with Crippen LogP contribution in [-0.4, -0.2) is 23.6 Å². The average molecular weight is 317 g/mol. The van der Waals surface area contributed by atoms with Crippen LogP contribution in [0, 0.1) is 0 Å². The van der Waals surface area contributed by atoms with Gasteiger partial charge in [-0.2, -0.15) is 0 Å². The number of hydrogen-bond donors (Lipinski definition) is 2. The van der Waals surface area contributed by atoms with Crippen LogP contribution < -0.4 is 10.1 Å². The fourth-order valence-electron chi connectivity index (χ4n) is 2.48. The fourth-order valence-corrected chi connectivity index (χ4v) is 3.23. The molecule has 0 radical (unpaired) electrons. The number of thiophene rings is 1. The summed E-state index contributed by atoms with van der Waals surface area (Å²) in [7, 11) is 0. The fraction of sp³-hybridized carbons (Fsp3) is 0.250. The molecule has 6 heteroatoms. The van der Waals surface area contributed by atoms with Gasteiger partial charge in [-0.15, -0.1) is 11.3 Å². The molecule has 1 aromatic heterocycles. The van der Waals surface area contributed by atoms with Crippen LogP contribution in [0.5, 0.6) is 5.75 Å². The second-order valence-electron chi connectivity index (χ2n) is 5.02. The first kappa shape index (κ1) is 14.6. The molecule has 0 aliphatic carbocycles. The van der Waals surface area contributed by atoms with Crippen molar-refractivity contribution in [3.63, 3.8) is 0 Å². The smallest absolute Gasteiger partial charge is 0.345 e. The molecule has 0 saturated heterocycles. The van der Waals surface area contributed by atoms with Crippen LogP contribution in [0.2, 0.25) is 0 Å². The Morgan fingerprint density at radius 1 is 1.18 bits per heavy atom. The number of benzene rings is 1. The van der Waals surface area contributed by atoms with Crippen molar-refractivity contribution in [2.45, 2.75) is 18.9 Å². The van der Waals surface area contributed by atoms with Crippen LogP contribution in [-0.2, 0) is 0 Å².